The van der Waals surface area contributed by atoms with Gasteiger partial charge in [0, 0.05) is 12.7 Å². The number of urea groups is 1. The Bertz CT molecular complexity index is 779. The van der Waals surface area contributed by atoms with E-state index in [1.54, 1.807) is 18.2 Å². The van der Waals surface area contributed by atoms with Gasteiger partial charge in [0.2, 0.25) is 0 Å². The molecule has 0 aromatic heterocycles. The lowest BCUT2D eigenvalue weighted by Crippen LogP contribution is -2.70. The van der Waals surface area contributed by atoms with Crippen molar-refractivity contribution in [3.05, 3.63) is 29.3 Å². The van der Waals surface area contributed by atoms with E-state index in [9.17, 15) is 18.0 Å². The highest BCUT2D eigenvalue weighted by Gasteiger charge is 2.52. The van der Waals surface area contributed by atoms with E-state index in [1.807, 2.05) is 13.8 Å². The third-order valence-corrected chi connectivity index (χ3v) is 5.45. The Hall–Kier alpha value is -2.42. The summed E-state index contributed by atoms with van der Waals surface area (Å²) in [6.45, 7) is 3.75. The first-order chi connectivity index (χ1) is 10.6. The normalized spacial score (nSPS) is 19.3. The van der Waals surface area contributed by atoms with Gasteiger partial charge in [0.05, 0.1) is 7.05 Å². The van der Waals surface area contributed by atoms with Gasteiger partial charge >= 0.3 is 6.03 Å². The number of anilines is 1. The fraction of sp³-hybridized carbons (Fsp3) is 0.357. The van der Waals surface area contributed by atoms with Crippen LogP contribution in [0.5, 0.6) is 0 Å². The summed E-state index contributed by atoms with van der Waals surface area (Å²) < 4.78 is 27.5. The lowest BCUT2D eigenvalue weighted by molar-refractivity contribution is -0.140. The maximum Gasteiger partial charge on any atom is 0.417 e. The first-order valence-electron chi connectivity index (χ1n) is 6.82. The van der Waals surface area contributed by atoms with Crippen molar-refractivity contribution < 1.29 is 23.4 Å². The van der Waals surface area contributed by atoms with Crippen molar-refractivity contribution in [2.24, 2.45) is 0 Å². The third-order valence-electron chi connectivity index (χ3n) is 3.86. The average Bonchev–Trinajstić information content (AvgIpc) is 2.46. The second kappa shape index (κ2) is 5.65. The van der Waals surface area contributed by atoms with Gasteiger partial charge in [0.1, 0.15) is 0 Å². The van der Waals surface area contributed by atoms with Gasteiger partial charge in [-0.1, -0.05) is 6.07 Å². The molecule has 1 saturated heterocycles. The molecule has 3 amide bonds. The Morgan fingerprint density at radius 1 is 1.09 bits per heavy atom. The molecular formula is C14H19N4O4S+. The van der Waals surface area contributed by atoms with Gasteiger partial charge in [-0.2, -0.15) is 4.90 Å². The fourth-order valence-electron chi connectivity index (χ4n) is 2.23. The van der Waals surface area contributed by atoms with Crippen molar-refractivity contribution in [2.45, 2.75) is 19.1 Å². The van der Waals surface area contributed by atoms with Gasteiger partial charge in [-0.25, -0.2) is 18.1 Å². The summed E-state index contributed by atoms with van der Waals surface area (Å²) in [4.78, 5) is 25.7. The molecule has 0 saturated carbocycles. The number of rotatable bonds is 3. The van der Waals surface area contributed by atoms with Crippen LogP contribution in [0.1, 0.15) is 11.1 Å². The van der Waals surface area contributed by atoms with Crippen molar-refractivity contribution >= 4 is 33.5 Å². The van der Waals surface area contributed by atoms with Crippen LogP contribution in [0.2, 0.25) is 0 Å². The minimum absolute atomic E-state index is 0.325. The Balaban J connectivity index is 2.38. The lowest BCUT2D eigenvalue weighted by Gasteiger charge is -2.29. The minimum atomic E-state index is -4.15. The molecule has 1 heterocycles. The number of amidine groups is 1. The highest BCUT2D eigenvalue weighted by molar-refractivity contribution is 7.94. The summed E-state index contributed by atoms with van der Waals surface area (Å²) >= 11 is 0. The van der Waals surface area contributed by atoms with Gasteiger partial charge in [-0.15, -0.1) is 0 Å². The summed E-state index contributed by atoms with van der Waals surface area (Å²) in [5.41, 5.74) is 2.25. The van der Waals surface area contributed by atoms with E-state index in [2.05, 4.69) is 4.72 Å². The molecule has 1 atom stereocenters. The van der Waals surface area contributed by atoms with Gasteiger partial charge in [0.25, 0.3) is 27.0 Å². The lowest BCUT2D eigenvalue weighted by atomic mass is 10.1. The highest BCUT2D eigenvalue weighted by atomic mass is 32.2. The zero-order valence-corrected chi connectivity index (χ0v) is 14.1. The van der Waals surface area contributed by atoms with E-state index in [4.69, 9.17) is 5.41 Å². The Morgan fingerprint density at radius 2 is 1.70 bits per heavy atom. The van der Waals surface area contributed by atoms with Gasteiger partial charge in [-0.05, 0) is 37.1 Å². The standard InChI is InChI=1S/C14H18N4O4S/c1-8-5-6-10(7-9(8)2)16-23(21,22)11-12(15)17(3)14(20)18(4)13(11)19/h5-7,11,15-16H,1-4H3/p+1. The van der Waals surface area contributed by atoms with Crippen LogP contribution in [0.25, 0.3) is 0 Å². The first-order valence-corrected chi connectivity index (χ1v) is 8.37. The summed E-state index contributed by atoms with van der Waals surface area (Å²) in [5, 5.41) is 4.06. The van der Waals surface area contributed by atoms with E-state index < -0.39 is 27.2 Å². The summed E-state index contributed by atoms with van der Waals surface area (Å²) in [5.74, 6) is -1.21. The second-order valence-electron chi connectivity index (χ2n) is 5.49. The molecule has 1 aliphatic heterocycles. The highest BCUT2D eigenvalue weighted by Crippen LogP contribution is 2.20. The zero-order chi connectivity index (χ0) is 17.5. The van der Waals surface area contributed by atoms with E-state index in [0.29, 0.717) is 5.69 Å². The largest absolute Gasteiger partial charge is 0.417 e. The molecule has 9 heteroatoms. The molecule has 0 aliphatic carbocycles. The fourth-order valence-corrected chi connectivity index (χ4v) is 3.70. The van der Waals surface area contributed by atoms with Crippen molar-refractivity contribution in [3.8, 4) is 0 Å². The topological polar surface area (TPSA) is 112 Å². The van der Waals surface area contributed by atoms with E-state index in [-0.39, 0.29) is 5.84 Å². The van der Waals surface area contributed by atoms with Crippen molar-refractivity contribution in [1.29, 1.82) is 0 Å². The number of amides is 3. The molecule has 0 bridgehead atoms. The minimum Gasteiger partial charge on any atom is -0.289 e. The predicted octanol–water partition coefficient (Wildman–Crippen LogP) is -0.905. The molecule has 1 aromatic carbocycles. The van der Waals surface area contributed by atoms with Crippen molar-refractivity contribution in [3.63, 3.8) is 0 Å². The van der Waals surface area contributed by atoms with Gasteiger partial charge < -0.3 is 0 Å². The molecule has 1 unspecified atom stereocenters. The maximum absolute atomic E-state index is 12.6. The molecular weight excluding hydrogens is 320 g/mol. The van der Waals surface area contributed by atoms with E-state index in [1.165, 1.54) is 14.1 Å². The summed E-state index contributed by atoms with van der Waals surface area (Å²) in [6.07, 6.45) is 0. The number of aryl methyl sites for hydroxylation is 2. The van der Waals surface area contributed by atoms with Gasteiger partial charge in [-0.3, -0.25) is 14.9 Å². The smallest absolute Gasteiger partial charge is 0.289 e. The number of benzene rings is 1. The number of hydrogen-bond acceptors (Lipinski definition) is 4. The molecule has 1 aliphatic rings. The Morgan fingerprint density at radius 3 is 2.26 bits per heavy atom. The molecule has 2 rings (SSSR count). The first kappa shape index (κ1) is 16.9. The van der Waals surface area contributed by atoms with Crippen LogP contribution in [0, 0.1) is 13.8 Å². The average molecular weight is 339 g/mol. The molecule has 3 N–H and O–H groups in total. The molecule has 124 valence electrons. The maximum atomic E-state index is 12.6. The molecule has 1 fully saturated rings. The summed E-state index contributed by atoms with van der Waals surface area (Å²) in [7, 11) is -1.62. The van der Waals surface area contributed by atoms with Crippen LogP contribution in [0.4, 0.5) is 10.5 Å². The number of carbonyl (C=O) groups excluding carboxylic acids is 2. The molecule has 0 spiro atoms. The molecule has 8 nitrogen and oxygen atoms in total. The number of sulfonamides is 1. The van der Waals surface area contributed by atoms with Crippen LogP contribution < -0.4 is 10.1 Å². The van der Waals surface area contributed by atoms with Crippen LogP contribution in [-0.4, -0.2) is 55.3 Å². The van der Waals surface area contributed by atoms with Crippen molar-refractivity contribution in [1.82, 2.24) is 9.80 Å². The number of hydrogen-bond donors (Lipinski definition) is 2. The zero-order valence-electron chi connectivity index (χ0n) is 13.3. The molecule has 0 radical (unpaired) electrons. The Kier molecular flexibility index (Phi) is 4.16. The predicted molar refractivity (Wildman–Crippen MR) is 85.1 cm³/mol. The SMILES string of the molecule is Cc1ccc(NS(=O)(=O)C2C(=[NH2+])N(C)C(=O)N(C)C2=O)cc1C. The number of nitrogens with one attached hydrogen (secondary N) is 1. The van der Waals surface area contributed by atoms with Crippen LogP contribution in [0.3, 0.4) is 0 Å². The van der Waals surface area contributed by atoms with Crippen molar-refractivity contribution in [2.75, 3.05) is 18.8 Å². The second-order valence-corrected chi connectivity index (χ2v) is 7.26. The number of nitrogens with zero attached hydrogens (tertiary/aromatic N) is 2. The summed E-state index contributed by atoms with van der Waals surface area (Å²) in [6, 6.07) is 4.35. The van der Waals surface area contributed by atoms with Gasteiger partial charge in [0.15, 0.2) is 0 Å². The monoisotopic (exact) mass is 339 g/mol. The third kappa shape index (κ3) is 2.91. The van der Waals surface area contributed by atoms with E-state index >= 15 is 0 Å². The number of carbonyl (C=O) groups is 2. The Labute approximate surface area is 134 Å². The van der Waals surface area contributed by atoms with Crippen LogP contribution >= 0.6 is 0 Å². The number of nitrogens with two attached hydrogens (primary N) is 1. The molecule has 23 heavy (non-hydrogen) atoms. The number of imide groups is 1. The van der Waals surface area contributed by atoms with Crippen LogP contribution in [0.15, 0.2) is 18.2 Å². The molecule has 1 aromatic rings. The van der Waals surface area contributed by atoms with Crippen LogP contribution in [-0.2, 0) is 14.8 Å². The van der Waals surface area contributed by atoms with E-state index in [0.717, 1.165) is 20.9 Å². The quantitative estimate of drug-likeness (QED) is 0.743.